The van der Waals surface area contributed by atoms with Gasteiger partial charge in [0, 0.05) is 33.3 Å². The average Bonchev–Trinajstić information content (AvgIpc) is 2.72. The maximum atomic E-state index is 13.6. The summed E-state index contributed by atoms with van der Waals surface area (Å²) in [5, 5.41) is 5.91. The standard InChI is InChI=1S/C21H27FN4O2.HI/c1-23-20(27)17-8-6-7-16(15-17)11-12-25-21(24-2)26(3)13-14-28-19-10-5-4-9-18(19)22;/h4-10,15H,11-14H2,1-3H3,(H,23,27)(H,24,25);1H. The molecule has 2 aromatic carbocycles. The van der Waals surface area contributed by atoms with E-state index in [0.717, 1.165) is 17.9 Å². The highest BCUT2D eigenvalue weighted by molar-refractivity contribution is 14.0. The molecule has 0 unspecified atom stereocenters. The van der Waals surface area contributed by atoms with E-state index in [9.17, 15) is 9.18 Å². The maximum absolute atomic E-state index is 13.6. The fraction of sp³-hybridized carbons (Fsp3) is 0.333. The van der Waals surface area contributed by atoms with Crippen LogP contribution in [0.25, 0.3) is 0 Å². The molecule has 2 aromatic rings. The van der Waals surface area contributed by atoms with Crippen LogP contribution in [0.3, 0.4) is 0 Å². The minimum atomic E-state index is -0.369. The molecule has 6 nitrogen and oxygen atoms in total. The number of benzene rings is 2. The zero-order chi connectivity index (χ0) is 20.4. The predicted octanol–water partition coefficient (Wildman–Crippen LogP) is 2.93. The van der Waals surface area contributed by atoms with E-state index in [-0.39, 0.29) is 41.5 Å². The third-order valence-corrected chi connectivity index (χ3v) is 4.21. The van der Waals surface area contributed by atoms with Crippen LogP contribution in [0.2, 0.25) is 0 Å². The monoisotopic (exact) mass is 514 g/mol. The van der Waals surface area contributed by atoms with E-state index in [2.05, 4.69) is 15.6 Å². The summed E-state index contributed by atoms with van der Waals surface area (Å²) in [4.78, 5) is 17.9. The van der Waals surface area contributed by atoms with E-state index in [0.29, 0.717) is 25.3 Å². The normalized spacial score (nSPS) is 10.7. The number of hydrogen-bond donors (Lipinski definition) is 2. The van der Waals surface area contributed by atoms with Gasteiger partial charge in [0.25, 0.3) is 5.91 Å². The highest BCUT2D eigenvalue weighted by atomic mass is 127. The summed E-state index contributed by atoms with van der Waals surface area (Å²) in [6.07, 6.45) is 0.753. The quantitative estimate of drug-likeness (QED) is 0.323. The van der Waals surface area contributed by atoms with Crippen LogP contribution in [0.5, 0.6) is 5.75 Å². The topological polar surface area (TPSA) is 66.0 Å². The van der Waals surface area contributed by atoms with Crippen molar-refractivity contribution in [3.8, 4) is 5.75 Å². The molecule has 2 rings (SSSR count). The summed E-state index contributed by atoms with van der Waals surface area (Å²) in [6, 6.07) is 13.9. The van der Waals surface area contributed by atoms with Crippen LogP contribution in [-0.4, -0.2) is 57.6 Å². The molecule has 0 radical (unpaired) electrons. The summed E-state index contributed by atoms with van der Waals surface area (Å²) < 4.78 is 19.1. The number of rotatable bonds is 8. The van der Waals surface area contributed by atoms with Crippen molar-refractivity contribution in [1.82, 2.24) is 15.5 Å². The van der Waals surface area contributed by atoms with Crippen molar-refractivity contribution in [2.24, 2.45) is 4.99 Å². The number of hydrogen-bond acceptors (Lipinski definition) is 3. The van der Waals surface area contributed by atoms with Gasteiger partial charge in [-0.2, -0.15) is 0 Å². The highest BCUT2D eigenvalue weighted by Crippen LogP contribution is 2.15. The Morgan fingerprint density at radius 3 is 2.66 bits per heavy atom. The van der Waals surface area contributed by atoms with Gasteiger partial charge in [0.15, 0.2) is 17.5 Å². The molecule has 8 heteroatoms. The first-order valence-electron chi connectivity index (χ1n) is 9.15. The molecule has 0 saturated heterocycles. The van der Waals surface area contributed by atoms with Crippen LogP contribution in [0, 0.1) is 5.82 Å². The molecular formula is C21H28FIN4O2. The van der Waals surface area contributed by atoms with E-state index < -0.39 is 0 Å². The second-order valence-corrected chi connectivity index (χ2v) is 6.20. The number of guanidine groups is 1. The van der Waals surface area contributed by atoms with Crippen LogP contribution in [0.1, 0.15) is 15.9 Å². The Kier molecular flexibility index (Phi) is 11.0. The van der Waals surface area contributed by atoms with E-state index in [1.807, 2.05) is 30.1 Å². The molecule has 2 N–H and O–H groups in total. The smallest absolute Gasteiger partial charge is 0.251 e. The minimum absolute atomic E-state index is 0. The molecule has 0 fully saturated rings. The third kappa shape index (κ3) is 7.88. The second kappa shape index (κ2) is 13.0. The van der Waals surface area contributed by atoms with Crippen molar-refractivity contribution in [2.75, 3.05) is 40.8 Å². The lowest BCUT2D eigenvalue weighted by Gasteiger charge is -2.22. The average molecular weight is 514 g/mol. The predicted molar refractivity (Wildman–Crippen MR) is 125 cm³/mol. The lowest BCUT2D eigenvalue weighted by Crippen LogP contribution is -2.41. The molecule has 0 aliphatic rings. The number of aliphatic imine (C=N–C) groups is 1. The number of nitrogens with one attached hydrogen (secondary N) is 2. The molecule has 0 aromatic heterocycles. The van der Waals surface area contributed by atoms with Gasteiger partial charge in [0.1, 0.15) is 6.61 Å². The molecule has 29 heavy (non-hydrogen) atoms. The van der Waals surface area contributed by atoms with Crippen molar-refractivity contribution in [3.63, 3.8) is 0 Å². The maximum Gasteiger partial charge on any atom is 0.251 e. The Balaban J connectivity index is 0.00000420. The van der Waals surface area contributed by atoms with E-state index in [1.54, 1.807) is 38.4 Å². The Labute approximate surface area is 188 Å². The van der Waals surface area contributed by atoms with E-state index in [4.69, 9.17) is 4.74 Å². The largest absolute Gasteiger partial charge is 0.489 e. The van der Waals surface area contributed by atoms with Gasteiger partial charge in [-0.05, 0) is 36.2 Å². The second-order valence-electron chi connectivity index (χ2n) is 6.20. The fourth-order valence-corrected chi connectivity index (χ4v) is 2.68. The number of nitrogens with zero attached hydrogens (tertiary/aromatic N) is 2. The molecule has 0 aliphatic heterocycles. The van der Waals surface area contributed by atoms with Gasteiger partial charge in [-0.25, -0.2) is 4.39 Å². The molecule has 1 amide bonds. The van der Waals surface area contributed by atoms with Crippen molar-refractivity contribution in [2.45, 2.75) is 6.42 Å². The number of likely N-dealkylation sites (N-methyl/N-ethyl adjacent to an activating group) is 1. The van der Waals surface area contributed by atoms with Gasteiger partial charge in [-0.1, -0.05) is 24.3 Å². The molecular weight excluding hydrogens is 486 g/mol. The SMILES string of the molecule is CN=C(NCCc1cccc(C(=O)NC)c1)N(C)CCOc1ccccc1F.I. The third-order valence-electron chi connectivity index (χ3n) is 4.21. The number of carbonyl (C=O) groups is 1. The van der Waals surface area contributed by atoms with Gasteiger partial charge < -0.3 is 20.3 Å². The Hall–Kier alpha value is -2.36. The summed E-state index contributed by atoms with van der Waals surface area (Å²) in [5.41, 5.74) is 1.71. The molecule has 0 heterocycles. The van der Waals surface area contributed by atoms with Crippen molar-refractivity contribution in [1.29, 1.82) is 0 Å². The van der Waals surface area contributed by atoms with Gasteiger partial charge in [0.2, 0.25) is 0 Å². The van der Waals surface area contributed by atoms with Crippen molar-refractivity contribution >= 4 is 35.8 Å². The zero-order valence-electron chi connectivity index (χ0n) is 16.9. The summed E-state index contributed by atoms with van der Waals surface area (Å²) >= 11 is 0. The van der Waals surface area contributed by atoms with Gasteiger partial charge in [-0.15, -0.1) is 24.0 Å². The lowest BCUT2D eigenvalue weighted by atomic mass is 10.1. The number of halogens is 2. The Morgan fingerprint density at radius 1 is 1.21 bits per heavy atom. The first-order chi connectivity index (χ1) is 13.5. The van der Waals surface area contributed by atoms with Gasteiger partial charge >= 0.3 is 0 Å². The molecule has 0 aliphatic carbocycles. The first kappa shape index (κ1) is 24.7. The number of para-hydroxylation sites is 1. The molecule has 158 valence electrons. The molecule has 0 bridgehead atoms. The van der Waals surface area contributed by atoms with Crippen LogP contribution < -0.4 is 15.4 Å². The van der Waals surface area contributed by atoms with Crippen LogP contribution in [0.15, 0.2) is 53.5 Å². The van der Waals surface area contributed by atoms with Gasteiger partial charge in [0.05, 0.1) is 6.54 Å². The molecule has 0 saturated carbocycles. The fourth-order valence-electron chi connectivity index (χ4n) is 2.68. The molecule has 0 spiro atoms. The number of ether oxygens (including phenoxy) is 1. The van der Waals surface area contributed by atoms with Crippen LogP contribution in [-0.2, 0) is 6.42 Å². The van der Waals surface area contributed by atoms with Crippen LogP contribution in [0.4, 0.5) is 4.39 Å². The van der Waals surface area contributed by atoms with E-state index >= 15 is 0 Å². The van der Waals surface area contributed by atoms with Crippen molar-refractivity contribution in [3.05, 3.63) is 65.5 Å². The lowest BCUT2D eigenvalue weighted by molar-refractivity contribution is 0.0963. The Morgan fingerprint density at radius 2 is 1.97 bits per heavy atom. The summed E-state index contributed by atoms with van der Waals surface area (Å²) in [5.74, 6) is 0.501. The number of amides is 1. The summed E-state index contributed by atoms with van der Waals surface area (Å²) in [6.45, 7) is 1.56. The summed E-state index contributed by atoms with van der Waals surface area (Å²) in [7, 11) is 5.22. The molecule has 0 atom stereocenters. The number of carbonyl (C=O) groups excluding carboxylic acids is 1. The van der Waals surface area contributed by atoms with Crippen LogP contribution >= 0.6 is 24.0 Å². The van der Waals surface area contributed by atoms with E-state index in [1.165, 1.54) is 6.07 Å². The zero-order valence-corrected chi connectivity index (χ0v) is 19.3. The first-order valence-corrected chi connectivity index (χ1v) is 9.15. The Bertz CT molecular complexity index is 817. The minimum Gasteiger partial charge on any atom is -0.489 e. The highest BCUT2D eigenvalue weighted by Gasteiger charge is 2.08. The van der Waals surface area contributed by atoms with Crippen molar-refractivity contribution < 1.29 is 13.9 Å². The van der Waals surface area contributed by atoms with Gasteiger partial charge in [-0.3, -0.25) is 9.79 Å².